The van der Waals surface area contributed by atoms with Crippen molar-refractivity contribution in [3.8, 4) is 0 Å². The zero-order chi connectivity index (χ0) is 13.4. The largest absolute Gasteiger partial charge is 0.327 e. The van der Waals surface area contributed by atoms with Crippen LogP contribution in [0.3, 0.4) is 0 Å². The maximum absolute atomic E-state index is 13.7. The summed E-state index contributed by atoms with van der Waals surface area (Å²) in [4.78, 5) is 24.2. The van der Waals surface area contributed by atoms with E-state index in [0.717, 1.165) is 11.0 Å². The summed E-state index contributed by atoms with van der Waals surface area (Å²) >= 11 is 0. The maximum Gasteiger partial charge on any atom is 0.299 e. The highest BCUT2D eigenvalue weighted by atomic mass is 19.1. The Kier molecular flexibility index (Phi) is 2.96. The van der Waals surface area contributed by atoms with Crippen LogP contribution >= 0.6 is 0 Å². The molecule has 0 saturated carbocycles. The molecule has 0 unspecified atom stereocenters. The van der Waals surface area contributed by atoms with Crippen LogP contribution in [0.4, 0.5) is 14.5 Å². The number of Topliss-reactive ketones (excluding diaryl/α,β-unsaturated/α-hetero) is 1. The lowest BCUT2D eigenvalue weighted by molar-refractivity contribution is -0.114. The molecule has 0 spiro atoms. The molecule has 18 heavy (non-hydrogen) atoms. The number of fused-ring (bicyclic) bond motifs is 1. The van der Waals surface area contributed by atoms with E-state index in [0.29, 0.717) is 11.6 Å². The standard InChI is InChI=1S/C12H10F2N2O2/c1-6(4-15)5-16-10-8(11(17)12(16)18)2-7(13)3-9(10)14/h2-3H,1,4-5,15H2. The second-order valence-corrected chi connectivity index (χ2v) is 3.96. The number of nitrogens with zero attached hydrogens (tertiary/aromatic N) is 1. The summed E-state index contributed by atoms with van der Waals surface area (Å²) in [6.07, 6.45) is 0. The predicted molar refractivity (Wildman–Crippen MR) is 61.2 cm³/mol. The van der Waals surface area contributed by atoms with Gasteiger partial charge in [0.25, 0.3) is 11.7 Å². The van der Waals surface area contributed by atoms with Gasteiger partial charge in [0.2, 0.25) is 0 Å². The molecular formula is C12H10F2N2O2. The fourth-order valence-corrected chi connectivity index (χ4v) is 1.79. The van der Waals surface area contributed by atoms with Crippen LogP contribution in [0, 0.1) is 11.6 Å². The average Bonchev–Trinajstić information content (AvgIpc) is 2.54. The van der Waals surface area contributed by atoms with Crippen molar-refractivity contribution in [3.63, 3.8) is 0 Å². The highest BCUT2D eigenvalue weighted by Crippen LogP contribution is 2.32. The summed E-state index contributed by atoms with van der Waals surface area (Å²) in [7, 11) is 0. The van der Waals surface area contributed by atoms with Gasteiger partial charge in [-0.25, -0.2) is 8.78 Å². The molecule has 0 aliphatic carbocycles. The van der Waals surface area contributed by atoms with Gasteiger partial charge in [0.1, 0.15) is 5.82 Å². The molecular weight excluding hydrogens is 242 g/mol. The van der Waals surface area contributed by atoms with Gasteiger partial charge in [0.15, 0.2) is 5.82 Å². The first-order chi connectivity index (χ1) is 8.45. The average molecular weight is 252 g/mol. The monoisotopic (exact) mass is 252 g/mol. The van der Waals surface area contributed by atoms with Crippen LogP contribution in [0.2, 0.25) is 0 Å². The predicted octanol–water partition coefficient (Wildman–Crippen LogP) is 1.01. The number of ketones is 1. The molecule has 0 saturated heterocycles. The number of benzene rings is 1. The lowest BCUT2D eigenvalue weighted by atomic mass is 10.1. The lowest BCUT2D eigenvalue weighted by Gasteiger charge is -2.17. The molecule has 0 radical (unpaired) electrons. The number of carbonyl (C=O) groups excluding carboxylic acids is 2. The normalized spacial score (nSPS) is 14.1. The molecule has 2 N–H and O–H groups in total. The van der Waals surface area contributed by atoms with Crippen molar-refractivity contribution >= 4 is 17.4 Å². The van der Waals surface area contributed by atoms with E-state index in [1.807, 2.05) is 0 Å². The van der Waals surface area contributed by atoms with Crippen molar-refractivity contribution in [2.24, 2.45) is 5.73 Å². The number of carbonyl (C=O) groups is 2. The smallest absolute Gasteiger partial charge is 0.299 e. The molecule has 0 bridgehead atoms. The second-order valence-electron chi connectivity index (χ2n) is 3.96. The molecule has 94 valence electrons. The Hall–Kier alpha value is -2.08. The maximum atomic E-state index is 13.7. The molecule has 0 aromatic heterocycles. The first-order valence-corrected chi connectivity index (χ1v) is 5.17. The van der Waals surface area contributed by atoms with Crippen molar-refractivity contribution in [1.82, 2.24) is 0 Å². The second kappa shape index (κ2) is 4.30. The fourth-order valence-electron chi connectivity index (χ4n) is 1.79. The van der Waals surface area contributed by atoms with Crippen LogP contribution in [0.15, 0.2) is 24.3 Å². The van der Waals surface area contributed by atoms with E-state index in [1.165, 1.54) is 0 Å². The highest BCUT2D eigenvalue weighted by molar-refractivity contribution is 6.52. The molecule has 1 amide bonds. The summed E-state index contributed by atoms with van der Waals surface area (Å²) in [5, 5.41) is 0. The number of nitrogens with two attached hydrogens (primary N) is 1. The van der Waals surface area contributed by atoms with Gasteiger partial charge in [0, 0.05) is 19.2 Å². The number of halogens is 2. The topological polar surface area (TPSA) is 63.4 Å². The molecule has 0 fully saturated rings. The zero-order valence-corrected chi connectivity index (χ0v) is 9.37. The quantitative estimate of drug-likeness (QED) is 0.645. The fraction of sp³-hybridized carbons (Fsp3) is 0.167. The number of hydrogen-bond acceptors (Lipinski definition) is 3. The van der Waals surface area contributed by atoms with Crippen molar-refractivity contribution in [2.45, 2.75) is 0 Å². The molecule has 4 nitrogen and oxygen atoms in total. The minimum absolute atomic E-state index is 0.0589. The van der Waals surface area contributed by atoms with Gasteiger partial charge in [-0.15, -0.1) is 0 Å². The van der Waals surface area contributed by atoms with Gasteiger partial charge in [-0.1, -0.05) is 6.58 Å². The molecule has 1 aromatic carbocycles. The van der Waals surface area contributed by atoms with E-state index in [1.54, 1.807) is 0 Å². The number of rotatable bonds is 3. The van der Waals surface area contributed by atoms with Gasteiger partial charge in [-0.2, -0.15) is 0 Å². The van der Waals surface area contributed by atoms with Crippen molar-refractivity contribution in [2.75, 3.05) is 18.0 Å². The Morgan fingerprint density at radius 3 is 2.61 bits per heavy atom. The minimum Gasteiger partial charge on any atom is -0.327 e. The summed E-state index contributed by atoms with van der Waals surface area (Å²) in [6, 6.07) is 1.48. The van der Waals surface area contributed by atoms with Crippen LogP contribution in [0.25, 0.3) is 0 Å². The molecule has 1 heterocycles. The van der Waals surface area contributed by atoms with E-state index >= 15 is 0 Å². The summed E-state index contributed by atoms with van der Waals surface area (Å²) in [5.74, 6) is -3.67. The van der Waals surface area contributed by atoms with Gasteiger partial charge in [-0.3, -0.25) is 14.5 Å². The Labute approximate surface area is 102 Å². The first-order valence-electron chi connectivity index (χ1n) is 5.17. The van der Waals surface area contributed by atoms with Crippen molar-refractivity contribution in [1.29, 1.82) is 0 Å². The van der Waals surface area contributed by atoms with Crippen LogP contribution in [-0.2, 0) is 4.79 Å². The molecule has 2 rings (SSSR count). The third-order valence-electron chi connectivity index (χ3n) is 2.65. The Balaban J connectivity index is 2.51. The third-order valence-corrected chi connectivity index (χ3v) is 2.65. The van der Waals surface area contributed by atoms with Gasteiger partial charge in [-0.05, 0) is 11.6 Å². The molecule has 0 atom stereocenters. The van der Waals surface area contributed by atoms with E-state index in [2.05, 4.69) is 6.58 Å². The minimum atomic E-state index is -0.950. The molecule has 1 aliphatic rings. The van der Waals surface area contributed by atoms with Gasteiger partial charge in [0.05, 0.1) is 11.3 Å². The van der Waals surface area contributed by atoms with Crippen molar-refractivity contribution < 1.29 is 18.4 Å². The van der Waals surface area contributed by atoms with Crippen LogP contribution in [-0.4, -0.2) is 24.8 Å². The van der Waals surface area contributed by atoms with Crippen LogP contribution in [0.1, 0.15) is 10.4 Å². The molecule has 1 aromatic rings. The van der Waals surface area contributed by atoms with Crippen LogP contribution < -0.4 is 10.6 Å². The van der Waals surface area contributed by atoms with E-state index in [4.69, 9.17) is 5.73 Å². The SMILES string of the molecule is C=C(CN)CN1C(=O)C(=O)c2cc(F)cc(F)c21. The summed E-state index contributed by atoms with van der Waals surface area (Å²) < 4.78 is 26.7. The van der Waals surface area contributed by atoms with E-state index in [-0.39, 0.29) is 24.3 Å². The zero-order valence-electron chi connectivity index (χ0n) is 9.37. The molecule has 1 aliphatic heterocycles. The highest BCUT2D eigenvalue weighted by Gasteiger charge is 2.38. The number of anilines is 1. The lowest BCUT2D eigenvalue weighted by Crippen LogP contribution is -2.33. The van der Waals surface area contributed by atoms with Gasteiger partial charge < -0.3 is 5.73 Å². The summed E-state index contributed by atoms with van der Waals surface area (Å²) in [6.45, 7) is 3.64. The number of hydrogen-bond donors (Lipinski definition) is 1. The van der Waals surface area contributed by atoms with Crippen molar-refractivity contribution in [3.05, 3.63) is 41.5 Å². The van der Waals surface area contributed by atoms with Gasteiger partial charge >= 0.3 is 0 Å². The first kappa shape index (κ1) is 12.4. The molecule has 6 heteroatoms. The van der Waals surface area contributed by atoms with E-state index in [9.17, 15) is 18.4 Å². The third kappa shape index (κ3) is 1.80. The van der Waals surface area contributed by atoms with E-state index < -0.39 is 23.3 Å². The Morgan fingerprint density at radius 2 is 2.00 bits per heavy atom. The number of amides is 1. The summed E-state index contributed by atoms with van der Waals surface area (Å²) in [5.41, 5.74) is 5.33. The van der Waals surface area contributed by atoms with Crippen LogP contribution in [0.5, 0.6) is 0 Å². The Morgan fingerprint density at radius 1 is 1.33 bits per heavy atom. The Bertz CT molecular complexity index is 569.